The molecule has 0 aromatic rings. The second-order valence-electron chi connectivity index (χ2n) is 14.6. The Bertz CT molecular complexity index is 745. The van der Waals surface area contributed by atoms with Crippen LogP contribution in [-0.2, 0) is 14.0 Å². The second kappa shape index (κ2) is 11.4. The fourth-order valence-electron chi connectivity index (χ4n) is 8.97. The lowest BCUT2D eigenvalue weighted by Crippen LogP contribution is -2.44. The number of carbonyl (C=O) groups is 1. The molecule has 3 saturated carbocycles. The summed E-state index contributed by atoms with van der Waals surface area (Å²) in [7, 11) is -0.318. The van der Waals surface area contributed by atoms with Crippen molar-refractivity contribution in [2.24, 2.45) is 46.8 Å². The zero-order valence-electron chi connectivity index (χ0n) is 25.2. The van der Waals surface area contributed by atoms with E-state index in [1.165, 1.54) is 32.8 Å². The monoisotopic (exact) mass is 522 g/mol. The van der Waals surface area contributed by atoms with Gasteiger partial charge in [-0.15, -0.1) is 0 Å². The lowest BCUT2D eigenvalue weighted by atomic mass is 9.61. The highest BCUT2D eigenvalue weighted by molar-refractivity contribution is 6.74. The van der Waals surface area contributed by atoms with Gasteiger partial charge in [0, 0.05) is 12.5 Å². The molecule has 0 spiro atoms. The molecule has 0 aromatic carbocycles. The third kappa shape index (κ3) is 5.64. The normalized spacial score (nSPS) is 39.9. The summed E-state index contributed by atoms with van der Waals surface area (Å²) in [4.78, 5) is 11.9. The van der Waals surface area contributed by atoms with Crippen molar-refractivity contribution in [3.63, 3.8) is 0 Å². The molecule has 0 bridgehead atoms. The molecule has 0 saturated heterocycles. The van der Waals surface area contributed by atoms with Crippen LogP contribution in [0.5, 0.6) is 0 Å². The molecule has 10 atom stereocenters. The number of carbonyl (C=O) groups excluding carboxylic acids is 1. The van der Waals surface area contributed by atoms with Gasteiger partial charge in [0.25, 0.3) is 0 Å². The largest absolute Gasteiger partial charge is 0.469 e. The van der Waals surface area contributed by atoms with Gasteiger partial charge in [-0.3, -0.25) is 4.79 Å². The predicted molar refractivity (Wildman–Crippen MR) is 151 cm³/mol. The summed E-state index contributed by atoms with van der Waals surface area (Å²) >= 11 is 0. The van der Waals surface area contributed by atoms with Gasteiger partial charge in [0.15, 0.2) is 8.32 Å². The van der Waals surface area contributed by atoms with Crippen molar-refractivity contribution in [3.05, 3.63) is 0 Å². The first kappa shape index (κ1) is 30.2. The number of fused-ring (bicyclic) bond motifs is 1. The Kier molecular flexibility index (Phi) is 9.53. The average molecular weight is 523 g/mol. The average Bonchev–Trinajstić information content (AvgIpc) is 3.40. The van der Waals surface area contributed by atoms with Crippen LogP contribution in [0.2, 0.25) is 18.1 Å². The van der Waals surface area contributed by atoms with E-state index in [0.29, 0.717) is 54.0 Å². The fraction of sp³-hybridized carbons (Fsp3) is 0.968. The van der Waals surface area contributed by atoms with Gasteiger partial charge in [-0.25, -0.2) is 0 Å². The highest BCUT2D eigenvalue weighted by atomic mass is 28.4. The molecule has 3 aliphatic carbocycles. The highest BCUT2D eigenvalue weighted by Gasteiger charge is 2.61. The summed E-state index contributed by atoms with van der Waals surface area (Å²) in [6.45, 7) is 21.3. The van der Waals surface area contributed by atoms with Crippen LogP contribution >= 0.6 is 0 Å². The molecule has 36 heavy (non-hydrogen) atoms. The first-order chi connectivity index (χ1) is 16.7. The van der Waals surface area contributed by atoms with Crippen LogP contribution in [0.25, 0.3) is 0 Å². The van der Waals surface area contributed by atoms with Crippen LogP contribution in [0.4, 0.5) is 0 Å². The van der Waals surface area contributed by atoms with E-state index in [2.05, 4.69) is 61.6 Å². The zero-order chi connectivity index (χ0) is 27.1. The maximum Gasteiger partial charge on any atom is 0.305 e. The number of methoxy groups -OCH3 is 1. The molecule has 0 radical (unpaired) electrons. The van der Waals surface area contributed by atoms with Crippen molar-refractivity contribution in [2.45, 2.75) is 137 Å². The molecular formula is C31H58O4Si. The minimum atomic E-state index is -1.81. The molecule has 3 aliphatic rings. The van der Waals surface area contributed by atoms with Crippen molar-refractivity contribution in [2.75, 3.05) is 7.11 Å². The Morgan fingerprint density at radius 2 is 1.78 bits per heavy atom. The summed E-state index contributed by atoms with van der Waals surface area (Å²) in [6.07, 6.45) is 9.79. The van der Waals surface area contributed by atoms with Gasteiger partial charge in [0.1, 0.15) is 0 Å². The zero-order valence-corrected chi connectivity index (χ0v) is 26.2. The number of rotatable bonds is 10. The van der Waals surface area contributed by atoms with Gasteiger partial charge in [-0.2, -0.15) is 0 Å². The third-order valence-corrected chi connectivity index (χ3v) is 16.2. The van der Waals surface area contributed by atoms with Crippen LogP contribution in [0.3, 0.4) is 0 Å². The highest BCUT2D eigenvalue weighted by Crippen LogP contribution is 2.64. The number of hydrogen-bond donors (Lipinski definition) is 1. The quantitative estimate of drug-likeness (QED) is 0.234. The molecule has 3 rings (SSSR count). The van der Waals surface area contributed by atoms with Crippen LogP contribution in [0, 0.1) is 46.8 Å². The molecule has 0 heterocycles. The molecule has 3 fully saturated rings. The van der Waals surface area contributed by atoms with E-state index < -0.39 is 8.32 Å². The van der Waals surface area contributed by atoms with Gasteiger partial charge in [0.2, 0.25) is 0 Å². The molecule has 1 N–H and O–H groups in total. The minimum absolute atomic E-state index is 0.0906. The molecule has 210 valence electrons. The van der Waals surface area contributed by atoms with E-state index in [4.69, 9.17) is 9.16 Å². The Labute approximate surface area is 223 Å². The summed E-state index contributed by atoms with van der Waals surface area (Å²) in [6, 6.07) is 0. The lowest BCUT2D eigenvalue weighted by molar-refractivity contribution is -0.141. The smallest absolute Gasteiger partial charge is 0.305 e. The summed E-state index contributed by atoms with van der Waals surface area (Å²) in [5, 5.41) is 12.0. The Morgan fingerprint density at radius 3 is 2.33 bits per heavy atom. The molecule has 4 unspecified atom stereocenters. The van der Waals surface area contributed by atoms with Crippen LogP contribution in [0.15, 0.2) is 0 Å². The first-order valence-corrected chi connectivity index (χ1v) is 18.0. The minimum Gasteiger partial charge on any atom is -0.469 e. The molecule has 4 nitrogen and oxygen atoms in total. The number of ether oxygens (including phenoxy) is 1. The molecule has 0 aromatic heterocycles. The topological polar surface area (TPSA) is 55.8 Å². The van der Waals surface area contributed by atoms with Gasteiger partial charge in [-0.05, 0) is 103 Å². The summed E-state index contributed by atoms with van der Waals surface area (Å²) < 4.78 is 11.9. The Balaban J connectivity index is 1.83. The van der Waals surface area contributed by atoms with Crippen LogP contribution in [-0.4, -0.2) is 38.7 Å². The van der Waals surface area contributed by atoms with Crippen molar-refractivity contribution < 1.29 is 19.1 Å². The molecule has 0 aliphatic heterocycles. The van der Waals surface area contributed by atoms with Crippen molar-refractivity contribution in [1.29, 1.82) is 0 Å². The van der Waals surface area contributed by atoms with Crippen molar-refractivity contribution in [1.82, 2.24) is 0 Å². The van der Waals surface area contributed by atoms with E-state index in [1.54, 1.807) is 0 Å². The lowest BCUT2D eigenvalue weighted by Gasteiger charge is -2.45. The van der Waals surface area contributed by atoms with Crippen molar-refractivity contribution >= 4 is 14.3 Å². The van der Waals surface area contributed by atoms with Gasteiger partial charge in [0.05, 0.1) is 13.2 Å². The standard InChI is InChI=1S/C31H58O4Si/c1-11-17-31(7)25(20(3)13-16-27(32)34-8)14-15-26(31)28-24-19-21(35-36(9,10)30(4,5)6)18-23(24)22(12-2)29(28)33/h20-26,28-29,33H,11-19H2,1-10H3/t20-,21?,22-,23?,24?,25-,26?,28-,29-,31-/m1/s1. The Morgan fingerprint density at radius 1 is 1.14 bits per heavy atom. The second-order valence-corrected chi connectivity index (χ2v) is 19.3. The molecule has 5 heteroatoms. The van der Waals surface area contributed by atoms with E-state index in [9.17, 15) is 9.90 Å². The maximum atomic E-state index is 11.9. The van der Waals surface area contributed by atoms with E-state index in [0.717, 1.165) is 25.7 Å². The molecular weight excluding hydrogens is 464 g/mol. The number of aliphatic hydroxyl groups is 1. The third-order valence-electron chi connectivity index (χ3n) is 11.7. The van der Waals surface area contributed by atoms with Crippen LogP contribution < -0.4 is 0 Å². The van der Waals surface area contributed by atoms with Gasteiger partial charge < -0.3 is 14.3 Å². The fourth-order valence-corrected chi connectivity index (χ4v) is 10.3. The van der Waals surface area contributed by atoms with E-state index in [1.807, 2.05) is 0 Å². The van der Waals surface area contributed by atoms with Crippen LogP contribution in [0.1, 0.15) is 106 Å². The first-order valence-electron chi connectivity index (χ1n) is 15.1. The van der Waals surface area contributed by atoms with Crippen molar-refractivity contribution in [3.8, 4) is 0 Å². The van der Waals surface area contributed by atoms with E-state index >= 15 is 0 Å². The predicted octanol–water partition coefficient (Wildman–Crippen LogP) is 7.84. The number of hydrogen-bond acceptors (Lipinski definition) is 4. The SMILES string of the molecule is CCC[C@@]1(C)C([C@H]2C3CC(O[Si](C)(C)C(C)(C)C)CC3[C@@H](CC)[C@H]2O)CC[C@@H]1[C@H](C)CCC(=O)OC. The summed E-state index contributed by atoms with van der Waals surface area (Å²) in [5.41, 5.74) is 0.224. The Hall–Kier alpha value is -0.393. The summed E-state index contributed by atoms with van der Waals surface area (Å²) in [5.74, 6) is 3.58. The molecule has 0 amide bonds. The number of esters is 1. The van der Waals surface area contributed by atoms with Gasteiger partial charge in [-0.1, -0.05) is 61.3 Å². The maximum absolute atomic E-state index is 11.9. The number of aliphatic hydroxyl groups excluding tert-OH is 1. The van der Waals surface area contributed by atoms with Gasteiger partial charge >= 0.3 is 5.97 Å². The van der Waals surface area contributed by atoms with E-state index in [-0.39, 0.29) is 22.5 Å².